The Morgan fingerprint density at radius 2 is 1.65 bits per heavy atom. The van der Waals surface area contributed by atoms with Gasteiger partial charge in [0.15, 0.2) is 5.82 Å². The molecule has 2 heterocycles. The molecule has 4 rings (SSSR count). The first-order valence-corrected chi connectivity index (χ1v) is 8.55. The number of aromatic nitrogens is 2. The van der Waals surface area contributed by atoms with Crippen LogP contribution in [0.5, 0.6) is 5.75 Å². The molecule has 2 aromatic carbocycles. The van der Waals surface area contributed by atoms with E-state index < -0.39 is 0 Å². The molecule has 0 radical (unpaired) electrons. The molecule has 0 saturated heterocycles. The number of rotatable bonds is 2. The van der Waals surface area contributed by atoms with Gasteiger partial charge in [0.1, 0.15) is 11.4 Å². The summed E-state index contributed by atoms with van der Waals surface area (Å²) in [6.45, 7) is 6.34. The second kappa shape index (κ2) is 5.95. The molecular formula is C21H20N4O. The first kappa shape index (κ1) is 16.3. The van der Waals surface area contributed by atoms with Gasteiger partial charge in [-0.2, -0.15) is 0 Å². The van der Waals surface area contributed by atoms with Crippen molar-refractivity contribution in [3.63, 3.8) is 0 Å². The van der Waals surface area contributed by atoms with Crippen LogP contribution >= 0.6 is 0 Å². The van der Waals surface area contributed by atoms with Crippen molar-refractivity contribution < 1.29 is 5.11 Å². The molecule has 0 unspecified atom stereocenters. The van der Waals surface area contributed by atoms with Crippen molar-refractivity contribution in [3.8, 4) is 5.75 Å². The summed E-state index contributed by atoms with van der Waals surface area (Å²) in [6.07, 6.45) is 1.95. The maximum absolute atomic E-state index is 10.1. The SMILES string of the molecule is CC(C)(C)c1nc2ccccn2c1N=Nc1cccc2c(O)cccc12. The van der Waals surface area contributed by atoms with Gasteiger partial charge in [-0.05, 0) is 24.3 Å². The monoisotopic (exact) mass is 344 g/mol. The third-order valence-electron chi connectivity index (χ3n) is 4.34. The van der Waals surface area contributed by atoms with Crippen LogP contribution in [0.3, 0.4) is 0 Å². The summed E-state index contributed by atoms with van der Waals surface area (Å²) in [6, 6.07) is 16.9. The number of fused-ring (bicyclic) bond motifs is 2. The van der Waals surface area contributed by atoms with Gasteiger partial charge in [-0.3, -0.25) is 4.40 Å². The second-order valence-corrected chi connectivity index (χ2v) is 7.31. The van der Waals surface area contributed by atoms with Gasteiger partial charge in [-0.25, -0.2) is 4.98 Å². The number of benzene rings is 2. The van der Waals surface area contributed by atoms with Gasteiger partial charge in [0.25, 0.3) is 0 Å². The zero-order valence-corrected chi connectivity index (χ0v) is 15.0. The van der Waals surface area contributed by atoms with Crippen LogP contribution in [0.15, 0.2) is 71.0 Å². The molecule has 5 nitrogen and oxygen atoms in total. The third kappa shape index (κ3) is 2.71. The molecule has 130 valence electrons. The van der Waals surface area contributed by atoms with E-state index in [9.17, 15) is 5.11 Å². The summed E-state index contributed by atoms with van der Waals surface area (Å²) >= 11 is 0. The average molecular weight is 344 g/mol. The Hall–Kier alpha value is -3.21. The van der Waals surface area contributed by atoms with Crippen molar-refractivity contribution in [2.75, 3.05) is 0 Å². The van der Waals surface area contributed by atoms with Crippen molar-refractivity contribution in [3.05, 3.63) is 66.5 Å². The molecule has 0 fully saturated rings. The van der Waals surface area contributed by atoms with Gasteiger partial charge in [0.2, 0.25) is 0 Å². The summed E-state index contributed by atoms with van der Waals surface area (Å²) in [4.78, 5) is 4.74. The van der Waals surface area contributed by atoms with Gasteiger partial charge in [0, 0.05) is 22.4 Å². The molecule has 1 N–H and O–H groups in total. The van der Waals surface area contributed by atoms with E-state index in [1.165, 1.54) is 0 Å². The Labute approximate surface area is 151 Å². The van der Waals surface area contributed by atoms with E-state index >= 15 is 0 Å². The Bertz CT molecular complexity index is 1140. The van der Waals surface area contributed by atoms with Crippen molar-refractivity contribution in [2.24, 2.45) is 10.2 Å². The maximum atomic E-state index is 10.1. The molecule has 0 saturated carbocycles. The van der Waals surface area contributed by atoms with Gasteiger partial charge >= 0.3 is 0 Å². The number of nitrogens with zero attached hydrogens (tertiary/aromatic N) is 4. The summed E-state index contributed by atoms with van der Waals surface area (Å²) in [7, 11) is 0. The molecule has 0 aliphatic rings. The molecular weight excluding hydrogens is 324 g/mol. The van der Waals surface area contributed by atoms with Crippen LogP contribution in [0.4, 0.5) is 11.5 Å². The van der Waals surface area contributed by atoms with E-state index in [-0.39, 0.29) is 11.2 Å². The quantitative estimate of drug-likeness (QED) is 0.460. The molecule has 0 spiro atoms. The minimum atomic E-state index is -0.155. The van der Waals surface area contributed by atoms with E-state index in [1.807, 2.05) is 59.1 Å². The second-order valence-electron chi connectivity index (χ2n) is 7.31. The Kier molecular flexibility index (Phi) is 3.72. The molecule has 0 amide bonds. The lowest BCUT2D eigenvalue weighted by Gasteiger charge is -2.15. The predicted octanol–water partition coefficient (Wildman–Crippen LogP) is 5.91. The van der Waals surface area contributed by atoms with E-state index in [0.717, 1.165) is 27.9 Å². The van der Waals surface area contributed by atoms with Gasteiger partial charge < -0.3 is 5.11 Å². The fourth-order valence-corrected chi connectivity index (χ4v) is 3.05. The van der Waals surface area contributed by atoms with Crippen LogP contribution in [0.2, 0.25) is 0 Å². The third-order valence-corrected chi connectivity index (χ3v) is 4.34. The Morgan fingerprint density at radius 1 is 0.885 bits per heavy atom. The Morgan fingerprint density at radius 3 is 2.46 bits per heavy atom. The summed E-state index contributed by atoms with van der Waals surface area (Å²) < 4.78 is 1.95. The molecule has 5 heteroatoms. The first-order chi connectivity index (χ1) is 12.4. The summed E-state index contributed by atoms with van der Waals surface area (Å²) in [5, 5.41) is 20.7. The van der Waals surface area contributed by atoms with Crippen LogP contribution in [0.1, 0.15) is 26.5 Å². The molecule has 0 aliphatic carbocycles. The zero-order valence-electron chi connectivity index (χ0n) is 15.0. The fourth-order valence-electron chi connectivity index (χ4n) is 3.05. The number of aromatic hydroxyl groups is 1. The molecule has 26 heavy (non-hydrogen) atoms. The minimum absolute atomic E-state index is 0.155. The molecule has 4 aromatic rings. The number of phenolic OH excluding ortho intramolecular Hbond substituents is 1. The van der Waals surface area contributed by atoms with Crippen LogP contribution in [-0.2, 0) is 5.41 Å². The molecule has 0 atom stereocenters. The number of azo groups is 1. The highest BCUT2D eigenvalue weighted by molar-refractivity contribution is 5.96. The van der Waals surface area contributed by atoms with Crippen LogP contribution in [-0.4, -0.2) is 14.5 Å². The van der Waals surface area contributed by atoms with Crippen LogP contribution < -0.4 is 0 Å². The largest absolute Gasteiger partial charge is 0.507 e. The highest BCUT2D eigenvalue weighted by Crippen LogP contribution is 2.35. The van der Waals surface area contributed by atoms with Crippen molar-refractivity contribution in [1.82, 2.24) is 9.38 Å². The number of pyridine rings is 1. The first-order valence-electron chi connectivity index (χ1n) is 8.55. The fraction of sp³-hybridized carbons (Fsp3) is 0.190. The normalized spacial score (nSPS) is 12.4. The highest BCUT2D eigenvalue weighted by atomic mass is 16.3. The van der Waals surface area contributed by atoms with Gasteiger partial charge in [0.05, 0.1) is 11.4 Å². The predicted molar refractivity (Wildman–Crippen MR) is 104 cm³/mol. The van der Waals surface area contributed by atoms with Gasteiger partial charge in [-0.1, -0.05) is 51.1 Å². The smallest absolute Gasteiger partial charge is 0.183 e. The number of hydrogen-bond acceptors (Lipinski definition) is 4. The van der Waals surface area contributed by atoms with Crippen LogP contribution in [0, 0.1) is 0 Å². The highest BCUT2D eigenvalue weighted by Gasteiger charge is 2.24. The van der Waals surface area contributed by atoms with E-state index in [0.29, 0.717) is 5.69 Å². The van der Waals surface area contributed by atoms with Crippen molar-refractivity contribution in [1.29, 1.82) is 0 Å². The lowest BCUT2D eigenvalue weighted by molar-refractivity contribution is 0.481. The average Bonchev–Trinajstić information content (AvgIpc) is 2.99. The summed E-state index contributed by atoms with van der Waals surface area (Å²) in [5.41, 5.74) is 2.30. The van der Waals surface area contributed by atoms with Crippen molar-refractivity contribution in [2.45, 2.75) is 26.2 Å². The number of hydrogen-bond donors (Lipinski definition) is 1. The minimum Gasteiger partial charge on any atom is -0.507 e. The molecule has 2 aromatic heterocycles. The topological polar surface area (TPSA) is 62.2 Å². The van der Waals surface area contributed by atoms with E-state index in [4.69, 9.17) is 4.98 Å². The lowest BCUT2D eigenvalue weighted by atomic mass is 9.92. The van der Waals surface area contributed by atoms with E-state index in [1.54, 1.807) is 6.07 Å². The summed E-state index contributed by atoms with van der Waals surface area (Å²) in [5.74, 6) is 0.968. The molecule has 0 bridgehead atoms. The zero-order chi connectivity index (χ0) is 18.3. The van der Waals surface area contributed by atoms with E-state index in [2.05, 4.69) is 31.0 Å². The van der Waals surface area contributed by atoms with Crippen LogP contribution in [0.25, 0.3) is 16.4 Å². The Balaban J connectivity index is 1.90. The molecule has 0 aliphatic heterocycles. The standard InChI is InChI=1S/C21H20N4O/c1-21(2,3)19-20(25-13-5-4-12-18(25)22-19)24-23-16-10-6-9-15-14(16)8-7-11-17(15)26/h4-13,26H,1-3H3. The number of imidazole rings is 1. The number of phenols is 1. The van der Waals surface area contributed by atoms with Gasteiger partial charge in [-0.15, -0.1) is 10.2 Å². The maximum Gasteiger partial charge on any atom is 0.183 e. The lowest BCUT2D eigenvalue weighted by Crippen LogP contribution is -2.11. The van der Waals surface area contributed by atoms with Crippen molar-refractivity contribution >= 4 is 27.9 Å².